The minimum atomic E-state index is 0.130. The van der Waals surface area contributed by atoms with E-state index in [9.17, 15) is 0 Å². The molecule has 16 heavy (non-hydrogen) atoms. The van der Waals surface area contributed by atoms with E-state index in [2.05, 4.69) is 27.3 Å². The van der Waals surface area contributed by atoms with Gasteiger partial charge in [-0.25, -0.2) is 0 Å². The molecule has 90 valence electrons. The van der Waals surface area contributed by atoms with E-state index in [0.717, 1.165) is 31.9 Å². The molecule has 1 N–H and O–H groups in total. The van der Waals surface area contributed by atoms with Crippen molar-refractivity contribution in [3.63, 3.8) is 0 Å². The Hall–Kier alpha value is -0.940. The van der Waals surface area contributed by atoms with Gasteiger partial charge >= 0.3 is 0 Å². The first-order valence-corrected chi connectivity index (χ1v) is 5.97. The van der Waals surface area contributed by atoms with Crippen LogP contribution in [-0.4, -0.2) is 41.7 Å². The largest absolute Gasteiger partial charge is 0.338 e. The summed E-state index contributed by atoms with van der Waals surface area (Å²) < 4.78 is 5.26. The van der Waals surface area contributed by atoms with Gasteiger partial charge in [0.1, 0.15) is 0 Å². The minimum Gasteiger partial charge on any atom is -0.338 e. The number of aromatic nitrogens is 2. The zero-order chi connectivity index (χ0) is 11.5. The third-order valence-electron chi connectivity index (χ3n) is 3.35. The van der Waals surface area contributed by atoms with Crippen molar-refractivity contribution in [2.24, 2.45) is 0 Å². The molecule has 2 unspecified atom stereocenters. The molecular weight excluding hydrogens is 204 g/mol. The zero-order valence-corrected chi connectivity index (χ0v) is 10.2. The predicted molar refractivity (Wildman–Crippen MR) is 61.2 cm³/mol. The molecule has 1 saturated heterocycles. The highest BCUT2D eigenvalue weighted by atomic mass is 16.5. The van der Waals surface area contributed by atoms with Crippen LogP contribution in [0.3, 0.4) is 0 Å². The first-order valence-electron chi connectivity index (χ1n) is 5.97. The maximum atomic E-state index is 5.26. The molecule has 2 rings (SSSR count). The summed E-state index contributed by atoms with van der Waals surface area (Å²) in [5, 5.41) is 7.18. The molecule has 0 bridgehead atoms. The predicted octanol–water partition coefficient (Wildman–Crippen LogP) is 1.16. The molecule has 1 aliphatic heterocycles. The van der Waals surface area contributed by atoms with Crippen molar-refractivity contribution >= 4 is 0 Å². The monoisotopic (exact) mass is 224 g/mol. The second-order valence-electron chi connectivity index (χ2n) is 4.38. The Labute approximate surface area is 96.2 Å². The van der Waals surface area contributed by atoms with Crippen LogP contribution in [0.25, 0.3) is 0 Å². The first-order chi connectivity index (χ1) is 7.74. The molecule has 1 aromatic heterocycles. The van der Waals surface area contributed by atoms with E-state index in [1.807, 2.05) is 14.0 Å². The average Bonchev–Trinajstić information content (AvgIpc) is 2.95. The lowest BCUT2D eigenvalue weighted by molar-refractivity contribution is 0.336. The van der Waals surface area contributed by atoms with Crippen LogP contribution >= 0.6 is 0 Å². The van der Waals surface area contributed by atoms with E-state index in [-0.39, 0.29) is 6.04 Å². The molecule has 0 saturated carbocycles. The molecule has 1 fully saturated rings. The molecular formula is C11H20N4O. The van der Waals surface area contributed by atoms with Gasteiger partial charge in [0.25, 0.3) is 0 Å². The molecule has 5 nitrogen and oxygen atoms in total. The SMILES string of the molecule is CCN1CCC(c2noc(C(C)NC)n2)C1. The molecule has 1 aliphatic rings. The molecule has 2 atom stereocenters. The van der Waals surface area contributed by atoms with Crippen LogP contribution in [0.5, 0.6) is 0 Å². The molecule has 2 heterocycles. The van der Waals surface area contributed by atoms with E-state index < -0.39 is 0 Å². The number of rotatable bonds is 4. The minimum absolute atomic E-state index is 0.130. The third kappa shape index (κ3) is 2.25. The van der Waals surface area contributed by atoms with Gasteiger partial charge in [0.2, 0.25) is 5.89 Å². The lowest BCUT2D eigenvalue weighted by Gasteiger charge is -2.10. The van der Waals surface area contributed by atoms with Crippen LogP contribution in [-0.2, 0) is 0 Å². The fourth-order valence-electron chi connectivity index (χ4n) is 2.04. The lowest BCUT2D eigenvalue weighted by Crippen LogP contribution is -2.19. The fourth-order valence-corrected chi connectivity index (χ4v) is 2.04. The highest BCUT2D eigenvalue weighted by Gasteiger charge is 2.27. The van der Waals surface area contributed by atoms with Gasteiger partial charge in [-0.05, 0) is 33.5 Å². The summed E-state index contributed by atoms with van der Waals surface area (Å²) in [6, 6.07) is 0.130. The smallest absolute Gasteiger partial charge is 0.243 e. The van der Waals surface area contributed by atoms with E-state index in [0.29, 0.717) is 11.8 Å². The van der Waals surface area contributed by atoms with Gasteiger partial charge in [-0.2, -0.15) is 4.98 Å². The number of hydrogen-bond donors (Lipinski definition) is 1. The molecule has 1 aromatic rings. The van der Waals surface area contributed by atoms with E-state index >= 15 is 0 Å². The van der Waals surface area contributed by atoms with Crippen molar-refractivity contribution in [2.45, 2.75) is 32.2 Å². The van der Waals surface area contributed by atoms with Gasteiger partial charge in [0.05, 0.1) is 6.04 Å². The van der Waals surface area contributed by atoms with Crippen LogP contribution in [0.2, 0.25) is 0 Å². The summed E-state index contributed by atoms with van der Waals surface area (Å²) in [4.78, 5) is 6.88. The quantitative estimate of drug-likeness (QED) is 0.831. The summed E-state index contributed by atoms with van der Waals surface area (Å²) in [5.74, 6) is 2.00. The number of likely N-dealkylation sites (tertiary alicyclic amines) is 1. The fraction of sp³-hybridized carbons (Fsp3) is 0.818. The Kier molecular flexibility index (Phi) is 3.56. The number of nitrogens with one attached hydrogen (secondary N) is 1. The van der Waals surface area contributed by atoms with Crippen LogP contribution in [0.4, 0.5) is 0 Å². The summed E-state index contributed by atoms with van der Waals surface area (Å²) in [7, 11) is 1.89. The van der Waals surface area contributed by atoms with Gasteiger partial charge in [0, 0.05) is 12.5 Å². The third-order valence-corrected chi connectivity index (χ3v) is 3.35. The topological polar surface area (TPSA) is 54.2 Å². The standard InChI is InChI=1S/C11H20N4O/c1-4-15-6-5-9(7-15)10-13-11(16-14-10)8(2)12-3/h8-9,12H,4-7H2,1-3H3. The highest BCUT2D eigenvalue weighted by molar-refractivity contribution is 5.01. The molecule has 0 radical (unpaired) electrons. The second-order valence-corrected chi connectivity index (χ2v) is 4.38. The Morgan fingerprint density at radius 2 is 2.44 bits per heavy atom. The van der Waals surface area contributed by atoms with Crippen molar-refractivity contribution in [3.05, 3.63) is 11.7 Å². The van der Waals surface area contributed by atoms with Crippen molar-refractivity contribution < 1.29 is 4.52 Å². The Morgan fingerprint density at radius 3 is 3.06 bits per heavy atom. The average molecular weight is 224 g/mol. The van der Waals surface area contributed by atoms with Crippen LogP contribution in [0, 0.1) is 0 Å². The van der Waals surface area contributed by atoms with Crippen LogP contribution < -0.4 is 5.32 Å². The van der Waals surface area contributed by atoms with E-state index in [1.54, 1.807) is 0 Å². The van der Waals surface area contributed by atoms with Gasteiger partial charge in [-0.3, -0.25) is 0 Å². The molecule has 0 aliphatic carbocycles. The van der Waals surface area contributed by atoms with Crippen molar-refractivity contribution in [2.75, 3.05) is 26.7 Å². The number of nitrogens with zero attached hydrogens (tertiary/aromatic N) is 3. The summed E-state index contributed by atoms with van der Waals surface area (Å²) >= 11 is 0. The van der Waals surface area contributed by atoms with Gasteiger partial charge in [-0.15, -0.1) is 0 Å². The molecule has 5 heteroatoms. The summed E-state index contributed by atoms with van der Waals surface area (Å²) in [6.07, 6.45) is 1.14. The zero-order valence-electron chi connectivity index (χ0n) is 10.2. The molecule has 0 spiro atoms. The number of hydrogen-bond acceptors (Lipinski definition) is 5. The maximum absolute atomic E-state index is 5.26. The maximum Gasteiger partial charge on any atom is 0.243 e. The second kappa shape index (κ2) is 4.93. The van der Waals surface area contributed by atoms with Gasteiger partial charge in [-0.1, -0.05) is 12.1 Å². The van der Waals surface area contributed by atoms with Crippen LogP contribution in [0.1, 0.15) is 43.9 Å². The van der Waals surface area contributed by atoms with Gasteiger partial charge < -0.3 is 14.7 Å². The molecule has 0 aromatic carbocycles. The van der Waals surface area contributed by atoms with Gasteiger partial charge in [0.15, 0.2) is 5.82 Å². The van der Waals surface area contributed by atoms with E-state index in [1.165, 1.54) is 0 Å². The first kappa shape index (κ1) is 11.5. The van der Waals surface area contributed by atoms with Crippen LogP contribution in [0.15, 0.2) is 4.52 Å². The summed E-state index contributed by atoms with van der Waals surface area (Å²) in [6.45, 7) is 7.52. The van der Waals surface area contributed by atoms with Crippen molar-refractivity contribution in [1.82, 2.24) is 20.4 Å². The lowest BCUT2D eigenvalue weighted by atomic mass is 10.1. The Balaban J connectivity index is 2.02. The van der Waals surface area contributed by atoms with Crippen molar-refractivity contribution in [3.8, 4) is 0 Å². The van der Waals surface area contributed by atoms with Crippen molar-refractivity contribution in [1.29, 1.82) is 0 Å². The summed E-state index contributed by atoms with van der Waals surface area (Å²) in [5.41, 5.74) is 0. The number of likely N-dealkylation sites (N-methyl/N-ethyl adjacent to an activating group) is 1. The Bertz CT molecular complexity index is 338. The Morgan fingerprint density at radius 1 is 1.62 bits per heavy atom. The highest BCUT2D eigenvalue weighted by Crippen LogP contribution is 2.25. The van der Waals surface area contributed by atoms with E-state index in [4.69, 9.17) is 4.52 Å². The molecule has 0 amide bonds. The normalized spacial score (nSPS) is 23.8.